The molecule has 1 fully saturated rings. The number of morpholine rings is 1. The maximum atomic E-state index is 13.3. The van der Waals surface area contributed by atoms with Gasteiger partial charge in [-0.15, -0.1) is 0 Å². The SMILES string of the molecule is CC(C)CC(=O)N(CCN1CCOCC1)Cc1cnc(S(=O)(=O)Cc2cccc(Cl)c2)n1C(C)C. The second-order valence-corrected chi connectivity index (χ2v) is 12.1. The first-order chi connectivity index (χ1) is 16.6. The van der Waals surface area contributed by atoms with Gasteiger partial charge in [-0.2, -0.15) is 0 Å². The number of hydrogen-bond donors (Lipinski definition) is 0. The summed E-state index contributed by atoms with van der Waals surface area (Å²) in [5.41, 5.74) is 1.32. The van der Waals surface area contributed by atoms with Gasteiger partial charge in [0, 0.05) is 43.7 Å². The van der Waals surface area contributed by atoms with Gasteiger partial charge >= 0.3 is 0 Å². The normalized spacial score (nSPS) is 15.2. The summed E-state index contributed by atoms with van der Waals surface area (Å²) in [7, 11) is -3.72. The molecule has 2 heterocycles. The van der Waals surface area contributed by atoms with Crippen molar-refractivity contribution in [3.8, 4) is 0 Å². The van der Waals surface area contributed by atoms with E-state index in [1.54, 1.807) is 35.0 Å². The first-order valence-electron chi connectivity index (χ1n) is 12.2. The van der Waals surface area contributed by atoms with Gasteiger partial charge in [-0.05, 0) is 37.5 Å². The fraction of sp³-hybridized carbons (Fsp3) is 0.600. The van der Waals surface area contributed by atoms with Crippen molar-refractivity contribution >= 4 is 27.3 Å². The molecule has 1 aliphatic rings. The highest BCUT2D eigenvalue weighted by atomic mass is 35.5. The fourth-order valence-corrected chi connectivity index (χ4v) is 6.04. The third kappa shape index (κ3) is 7.77. The Morgan fingerprint density at radius 3 is 2.54 bits per heavy atom. The van der Waals surface area contributed by atoms with Crippen LogP contribution in [0.25, 0.3) is 0 Å². The fourth-order valence-electron chi connectivity index (χ4n) is 4.24. The van der Waals surface area contributed by atoms with Crippen LogP contribution in [-0.2, 0) is 31.7 Å². The van der Waals surface area contributed by atoms with Gasteiger partial charge in [-0.25, -0.2) is 13.4 Å². The van der Waals surface area contributed by atoms with Crippen molar-refractivity contribution in [1.82, 2.24) is 19.4 Å². The van der Waals surface area contributed by atoms with Gasteiger partial charge in [0.25, 0.3) is 0 Å². The summed E-state index contributed by atoms with van der Waals surface area (Å²) < 4.78 is 33.8. The van der Waals surface area contributed by atoms with Crippen LogP contribution in [0, 0.1) is 5.92 Å². The van der Waals surface area contributed by atoms with Gasteiger partial charge in [0.15, 0.2) is 0 Å². The Kier molecular flexibility index (Phi) is 9.75. The van der Waals surface area contributed by atoms with E-state index in [4.69, 9.17) is 16.3 Å². The Labute approximate surface area is 214 Å². The Bertz CT molecular complexity index is 1090. The topological polar surface area (TPSA) is 84.7 Å². The number of amides is 1. The number of benzene rings is 1. The van der Waals surface area contributed by atoms with Gasteiger partial charge in [0.05, 0.1) is 37.4 Å². The van der Waals surface area contributed by atoms with Crippen LogP contribution in [0.5, 0.6) is 0 Å². The van der Waals surface area contributed by atoms with E-state index >= 15 is 0 Å². The Morgan fingerprint density at radius 2 is 1.91 bits per heavy atom. The van der Waals surface area contributed by atoms with E-state index in [1.165, 1.54) is 0 Å². The quantitative estimate of drug-likeness (QED) is 0.444. The Morgan fingerprint density at radius 1 is 1.20 bits per heavy atom. The molecule has 1 aromatic heterocycles. The van der Waals surface area contributed by atoms with Crippen molar-refractivity contribution in [3.63, 3.8) is 0 Å². The molecular formula is C25H37ClN4O4S. The van der Waals surface area contributed by atoms with Crippen LogP contribution in [0.1, 0.15) is 51.4 Å². The number of carbonyl (C=O) groups is 1. The van der Waals surface area contributed by atoms with Gasteiger partial charge < -0.3 is 14.2 Å². The first kappa shape index (κ1) is 27.6. The van der Waals surface area contributed by atoms with Gasteiger partial charge in [0.2, 0.25) is 20.9 Å². The average molecular weight is 525 g/mol. The number of sulfone groups is 1. The van der Waals surface area contributed by atoms with E-state index in [1.807, 2.05) is 32.6 Å². The minimum Gasteiger partial charge on any atom is -0.379 e. The number of halogens is 1. The highest BCUT2D eigenvalue weighted by molar-refractivity contribution is 7.90. The second kappa shape index (κ2) is 12.3. The number of carbonyl (C=O) groups excluding carboxylic acids is 1. The Hall–Kier alpha value is -1.94. The number of ether oxygens (including phenoxy) is 1. The zero-order valence-electron chi connectivity index (χ0n) is 21.1. The predicted octanol–water partition coefficient (Wildman–Crippen LogP) is 3.80. The highest BCUT2D eigenvalue weighted by Crippen LogP contribution is 2.24. The van der Waals surface area contributed by atoms with Crippen LogP contribution in [0.15, 0.2) is 35.6 Å². The van der Waals surface area contributed by atoms with Crippen molar-refractivity contribution in [3.05, 3.63) is 46.7 Å². The van der Waals surface area contributed by atoms with Gasteiger partial charge in [-0.1, -0.05) is 37.6 Å². The van der Waals surface area contributed by atoms with Crippen LogP contribution >= 0.6 is 11.6 Å². The van der Waals surface area contributed by atoms with Gasteiger partial charge in [0.1, 0.15) is 0 Å². The number of hydrogen-bond acceptors (Lipinski definition) is 6. The molecule has 0 unspecified atom stereocenters. The lowest BCUT2D eigenvalue weighted by Crippen LogP contribution is -2.43. The summed E-state index contributed by atoms with van der Waals surface area (Å²) in [5, 5.41) is 0.511. The van der Waals surface area contributed by atoms with Gasteiger partial charge in [-0.3, -0.25) is 9.69 Å². The summed E-state index contributed by atoms with van der Waals surface area (Å²) in [4.78, 5) is 21.6. The molecule has 0 aliphatic carbocycles. The zero-order chi connectivity index (χ0) is 25.6. The molecular weight excluding hydrogens is 488 g/mol. The molecule has 1 amide bonds. The average Bonchev–Trinajstić information content (AvgIpc) is 3.21. The van der Waals surface area contributed by atoms with Crippen molar-refractivity contribution in [2.45, 2.75) is 57.6 Å². The van der Waals surface area contributed by atoms with Crippen LogP contribution in [0.2, 0.25) is 5.02 Å². The molecule has 35 heavy (non-hydrogen) atoms. The summed E-state index contributed by atoms with van der Waals surface area (Å²) in [6.07, 6.45) is 2.04. The summed E-state index contributed by atoms with van der Waals surface area (Å²) in [6.45, 7) is 12.6. The molecule has 0 N–H and O–H groups in total. The maximum Gasteiger partial charge on any atom is 0.228 e. The molecule has 1 aromatic carbocycles. The lowest BCUT2D eigenvalue weighted by Gasteiger charge is -2.31. The van der Waals surface area contributed by atoms with Crippen molar-refractivity contribution in [2.75, 3.05) is 39.4 Å². The summed E-state index contributed by atoms with van der Waals surface area (Å²) >= 11 is 6.05. The summed E-state index contributed by atoms with van der Waals surface area (Å²) in [5.74, 6) is 0.106. The predicted molar refractivity (Wildman–Crippen MR) is 137 cm³/mol. The minimum absolute atomic E-state index is 0.0203. The third-order valence-corrected chi connectivity index (χ3v) is 7.77. The number of rotatable bonds is 11. The summed E-state index contributed by atoms with van der Waals surface area (Å²) in [6, 6.07) is 6.70. The largest absolute Gasteiger partial charge is 0.379 e. The van der Waals surface area contributed by atoms with E-state index in [9.17, 15) is 13.2 Å². The molecule has 0 radical (unpaired) electrons. The smallest absolute Gasteiger partial charge is 0.228 e. The van der Waals surface area contributed by atoms with E-state index < -0.39 is 9.84 Å². The molecule has 0 bridgehead atoms. The van der Waals surface area contributed by atoms with E-state index in [0.29, 0.717) is 49.0 Å². The third-order valence-electron chi connectivity index (χ3n) is 5.96. The zero-order valence-corrected chi connectivity index (χ0v) is 22.7. The van der Waals surface area contributed by atoms with E-state index in [-0.39, 0.29) is 28.8 Å². The first-order valence-corrected chi connectivity index (χ1v) is 14.2. The van der Waals surface area contributed by atoms with E-state index in [0.717, 1.165) is 19.6 Å². The number of aromatic nitrogens is 2. The van der Waals surface area contributed by atoms with Crippen LogP contribution in [0.3, 0.4) is 0 Å². The minimum atomic E-state index is -3.72. The molecule has 2 aromatic rings. The molecule has 1 saturated heterocycles. The van der Waals surface area contributed by atoms with E-state index in [2.05, 4.69) is 9.88 Å². The molecule has 10 heteroatoms. The maximum absolute atomic E-state index is 13.3. The molecule has 0 saturated carbocycles. The van der Waals surface area contributed by atoms with Crippen molar-refractivity contribution in [1.29, 1.82) is 0 Å². The molecule has 194 valence electrons. The molecule has 0 spiro atoms. The van der Waals surface area contributed by atoms with Crippen molar-refractivity contribution < 1.29 is 17.9 Å². The Balaban J connectivity index is 1.84. The van der Waals surface area contributed by atoms with Crippen LogP contribution in [-0.4, -0.2) is 73.1 Å². The molecule has 1 aliphatic heterocycles. The monoisotopic (exact) mass is 524 g/mol. The molecule has 3 rings (SSSR count). The highest BCUT2D eigenvalue weighted by Gasteiger charge is 2.27. The molecule has 8 nitrogen and oxygen atoms in total. The standard InChI is InChI=1S/C25H37ClN4O4S/c1-19(2)14-24(31)29(9-8-28-10-12-34-13-11-28)17-23-16-27-25(30(23)20(3)4)35(32,33)18-21-6-5-7-22(26)15-21/h5-7,15-16,19-20H,8-14,17-18H2,1-4H3. The lowest BCUT2D eigenvalue weighted by atomic mass is 10.1. The molecule has 0 atom stereocenters. The lowest BCUT2D eigenvalue weighted by molar-refractivity contribution is -0.133. The second-order valence-electron chi connectivity index (χ2n) is 9.75. The van der Waals surface area contributed by atoms with Crippen LogP contribution < -0.4 is 0 Å². The van der Waals surface area contributed by atoms with Crippen LogP contribution in [0.4, 0.5) is 0 Å². The number of imidazole rings is 1. The van der Waals surface area contributed by atoms with Crippen molar-refractivity contribution in [2.24, 2.45) is 5.92 Å². The number of nitrogens with zero attached hydrogens (tertiary/aromatic N) is 4.